The molecule has 0 bridgehead atoms. The molecule has 2 nitrogen and oxygen atoms in total. The van der Waals surface area contributed by atoms with Crippen molar-refractivity contribution in [2.75, 3.05) is 0 Å². The van der Waals surface area contributed by atoms with Crippen molar-refractivity contribution in [1.82, 2.24) is 0 Å². The Morgan fingerprint density at radius 3 is 2.56 bits per heavy atom. The number of aryl methyl sites for hydroxylation is 1. The predicted octanol–water partition coefficient (Wildman–Crippen LogP) is 4.13. The minimum Gasteiger partial charge on any atom is -0.469 e. The summed E-state index contributed by atoms with van der Waals surface area (Å²) >= 11 is 11.8. The second kappa shape index (κ2) is 4.32. The lowest BCUT2D eigenvalue weighted by atomic mass is 10.0. The van der Waals surface area contributed by atoms with Crippen LogP contribution in [-0.2, 0) is 0 Å². The summed E-state index contributed by atoms with van der Waals surface area (Å²) in [5.41, 5.74) is 0.892. The molecule has 1 aromatic heterocycles. The highest BCUT2D eigenvalue weighted by molar-refractivity contribution is 6.44. The molecule has 0 atom stereocenters. The first-order valence-electron chi connectivity index (χ1n) is 4.64. The van der Waals surface area contributed by atoms with Gasteiger partial charge in [0.15, 0.2) is 5.78 Å². The molecule has 0 radical (unpaired) electrons. The zero-order valence-corrected chi connectivity index (χ0v) is 9.97. The van der Waals surface area contributed by atoms with Crippen LogP contribution < -0.4 is 0 Å². The highest BCUT2D eigenvalue weighted by Gasteiger charge is 2.17. The Balaban J connectivity index is 2.50. The van der Waals surface area contributed by atoms with E-state index in [0.717, 1.165) is 0 Å². The maximum atomic E-state index is 12.1. The number of carbonyl (C=O) groups excluding carboxylic acids is 1. The second-order valence-corrected chi connectivity index (χ2v) is 4.11. The van der Waals surface area contributed by atoms with Gasteiger partial charge in [0, 0.05) is 5.56 Å². The molecule has 1 heterocycles. The molecule has 1 aromatic carbocycles. The average molecular weight is 255 g/mol. The zero-order chi connectivity index (χ0) is 11.7. The minimum absolute atomic E-state index is 0.182. The summed E-state index contributed by atoms with van der Waals surface area (Å²) in [6.07, 6.45) is 1.47. The Morgan fingerprint density at radius 1 is 1.19 bits per heavy atom. The lowest BCUT2D eigenvalue weighted by Crippen LogP contribution is -2.02. The maximum absolute atomic E-state index is 12.1. The van der Waals surface area contributed by atoms with Crippen LogP contribution in [0.1, 0.15) is 21.7 Å². The highest BCUT2D eigenvalue weighted by atomic mass is 35.5. The second-order valence-electron chi connectivity index (χ2n) is 3.32. The molecule has 82 valence electrons. The molecule has 0 aliphatic rings. The smallest absolute Gasteiger partial charge is 0.198 e. The third-order valence-corrected chi connectivity index (χ3v) is 3.12. The van der Waals surface area contributed by atoms with Crippen molar-refractivity contribution in [2.45, 2.75) is 6.92 Å². The van der Waals surface area contributed by atoms with E-state index in [1.807, 2.05) is 0 Å². The van der Waals surface area contributed by atoms with Crippen LogP contribution in [0.15, 0.2) is 34.9 Å². The van der Waals surface area contributed by atoms with Crippen molar-refractivity contribution in [3.05, 3.63) is 57.5 Å². The molecule has 16 heavy (non-hydrogen) atoms. The van der Waals surface area contributed by atoms with Crippen LogP contribution in [0.2, 0.25) is 10.0 Å². The molecule has 0 aliphatic heterocycles. The van der Waals surface area contributed by atoms with Crippen LogP contribution >= 0.6 is 23.2 Å². The van der Waals surface area contributed by atoms with E-state index >= 15 is 0 Å². The van der Waals surface area contributed by atoms with E-state index in [4.69, 9.17) is 27.6 Å². The van der Waals surface area contributed by atoms with Gasteiger partial charge in [-0.2, -0.15) is 0 Å². The first-order valence-corrected chi connectivity index (χ1v) is 5.39. The Morgan fingerprint density at radius 2 is 1.94 bits per heavy atom. The van der Waals surface area contributed by atoms with Crippen LogP contribution in [0.25, 0.3) is 0 Å². The summed E-state index contributed by atoms with van der Waals surface area (Å²) in [5, 5.41) is 0.642. The predicted molar refractivity (Wildman–Crippen MR) is 63.3 cm³/mol. The Bertz CT molecular complexity index is 544. The summed E-state index contributed by atoms with van der Waals surface area (Å²) in [7, 11) is 0. The summed E-state index contributed by atoms with van der Waals surface area (Å²) < 4.78 is 5.08. The van der Waals surface area contributed by atoms with Crippen LogP contribution in [0, 0.1) is 6.92 Å². The van der Waals surface area contributed by atoms with Crippen molar-refractivity contribution in [2.24, 2.45) is 0 Å². The van der Waals surface area contributed by atoms with Crippen molar-refractivity contribution < 1.29 is 9.21 Å². The molecule has 0 fully saturated rings. The Labute approximate surface area is 103 Å². The number of furan rings is 1. The fourth-order valence-electron chi connectivity index (χ4n) is 1.44. The van der Waals surface area contributed by atoms with Gasteiger partial charge in [-0.1, -0.05) is 29.3 Å². The summed E-state index contributed by atoms with van der Waals surface area (Å²) in [5.74, 6) is 0.389. The van der Waals surface area contributed by atoms with Crippen molar-refractivity contribution in [3.8, 4) is 0 Å². The first kappa shape index (κ1) is 11.2. The third kappa shape index (κ3) is 1.86. The average Bonchev–Trinajstić information content (AvgIpc) is 2.68. The summed E-state index contributed by atoms with van der Waals surface area (Å²) in [6.45, 7) is 1.73. The van der Waals surface area contributed by atoms with Gasteiger partial charge in [0.05, 0.1) is 21.9 Å². The van der Waals surface area contributed by atoms with Gasteiger partial charge in [-0.05, 0) is 25.1 Å². The van der Waals surface area contributed by atoms with E-state index in [0.29, 0.717) is 21.9 Å². The first-order chi connectivity index (χ1) is 7.61. The molecule has 4 heteroatoms. The Hall–Kier alpha value is -1.25. The van der Waals surface area contributed by atoms with Crippen molar-refractivity contribution in [1.29, 1.82) is 0 Å². The van der Waals surface area contributed by atoms with Crippen LogP contribution in [0.5, 0.6) is 0 Å². The molecular formula is C12H8Cl2O2. The van der Waals surface area contributed by atoms with Gasteiger partial charge < -0.3 is 4.42 Å². The van der Waals surface area contributed by atoms with Crippen LogP contribution in [0.3, 0.4) is 0 Å². The van der Waals surface area contributed by atoms with Gasteiger partial charge in [-0.3, -0.25) is 4.79 Å². The lowest BCUT2D eigenvalue weighted by molar-refractivity contribution is 0.103. The highest BCUT2D eigenvalue weighted by Crippen LogP contribution is 2.28. The van der Waals surface area contributed by atoms with Gasteiger partial charge in [-0.15, -0.1) is 0 Å². The number of hydrogen-bond donors (Lipinski definition) is 0. The number of ketones is 1. The Kier molecular flexibility index (Phi) is 3.03. The molecule has 0 N–H and O–H groups in total. The van der Waals surface area contributed by atoms with E-state index in [-0.39, 0.29) is 10.8 Å². The molecule has 0 saturated heterocycles. The molecule has 0 saturated carbocycles. The minimum atomic E-state index is -0.182. The number of hydrogen-bond acceptors (Lipinski definition) is 2. The molecule has 0 aliphatic carbocycles. The van der Waals surface area contributed by atoms with Gasteiger partial charge >= 0.3 is 0 Å². The van der Waals surface area contributed by atoms with E-state index in [2.05, 4.69) is 0 Å². The SMILES string of the molecule is Cc1occc1C(=O)c1cccc(Cl)c1Cl. The van der Waals surface area contributed by atoms with Crippen LogP contribution in [0.4, 0.5) is 0 Å². The molecule has 0 amide bonds. The number of benzene rings is 1. The summed E-state index contributed by atoms with van der Waals surface area (Å²) in [6, 6.07) is 6.59. The van der Waals surface area contributed by atoms with Gasteiger partial charge in [0.25, 0.3) is 0 Å². The number of carbonyl (C=O) groups is 1. The van der Waals surface area contributed by atoms with Gasteiger partial charge in [0.1, 0.15) is 5.76 Å². The lowest BCUT2D eigenvalue weighted by Gasteiger charge is -2.03. The fourth-order valence-corrected chi connectivity index (χ4v) is 1.83. The quantitative estimate of drug-likeness (QED) is 0.755. The topological polar surface area (TPSA) is 30.2 Å². The molecule has 2 aromatic rings. The van der Waals surface area contributed by atoms with Crippen molar-refractivity contribution >= 4 is 29.0 Å². The molecule has 0 spiro atoms. The van der Waals surface area contributed by atoms with Gasteiger partial charge in [0.2, 0.25) is 0 Å². The van der Waals surface area contributed by atoms with Gasteiger partial charge in [-0.25, -0.2) is 0 Å². The zero-order valence-electron chi connectivity index (χ0n) is 8.46. The van der Waals surface area contributed by atoms with E-state index in [1.54, 1.807) is 31.2 Å². The van der Waals surface area contributed by atoms with E-state index in [9.17, 15) is 4.79 Å². The third-order valence-electron chi connectivity index (χ3n) is 2.30. The molecule has 2 rings (SSSR count). The number of halogens is 2. The fraction of sp³-hybridized carbons (Fsp3) is 0.0833. The maximum Gasteiger partial charge on any atom is 0.198 e. The van der Waals surface area contributed by atoms with E-state index < -0.39 is 0 Å². The number of rotatable bonds is 2. The monoisotopic (exact) mass is 254 g/mol. The van der Waals surface area contributed by atoms with E-state index in [1.165, 1.54) is 6.26 Å². The van der Waals surface area contributed by atoms with Crippen LogP contribution in [-0.4, -0.2) is 5.78 Å². The molecular weight excluding hydrogens is 247 g/mol. The standard InChI is InChI=1S/C12H8Cl2O2/c1-7-8(5-6-16-7)12(15)9-3-2-4-10(13)11(9)14/h2-6H,1H3. The van der Waals surface area contributed by atoms with Crippen molar-refractivity contribution in [3.63, 3.8) is 0 Å². The largest absolute Gasteiger partial charge is 0.469 e. The molecule has 0 unspecified atom stereocenters. The summed E-state index contributed by atoms with van der Waals surface area (Å²) in [4.78, 5) is 12.1. The normalized spacial score (nSPS) is 10.4.